The maximum Gasteiger partial charge on any atom is 0.292 e. The molecule has 3 heterocycles. The van der Waals surface area contributed by atoms with Crippen LogP contribution in [-0.2, 0) is 6.54 Å². The second kappa shape index (κ2) is 8.29. The second-order valence-electron chi connectivity index (χ2n) is 7.26. The Labute approximate surface area is 196 Å². The summed E-state index contributed by atoms with van der Waals surface area (Å²) in [4.78, 5) is 17.5. The van der Waals surface area contributed by atoms with Crippen molar-refractivity contribution < 1.29 is 9.21 Å². The van der Waals surface area contributed by atoms with E-state index >= 15 is 0 Å². The van der Waals surface area contributed by atoms with Crippen LogP contribution in [-0.4, -0.2) is 25.2 Å². The Hall–Kier alpha value is -3.36. The van der Waals surface area contributed by atoms with Gasteiger partial charge in [-0.25, -0.2) is 4.98 Å². The van der Waals surface area contributed by atoms with Crippen molar-refractivity contribution in [3.05, 3.63) is 93.4 Å². The van der Waals surface area contributed by atoms with Crippen molar-refractivity contribution in [1.82, 2.24) is 19.3 Å². The molecule has 1 amide bonds. The number of aromatic nitrogens is 4. The quantitative estimate of drug-likeness (QED) is 0.322. The summed E-state index contributed by atoms with van der Waals surface area (Å²) in [5, 5.41) is 8.14. The standard InChI is InChI=1S/C23H17BrClN5O2/c1-14-11-21(27-22(31)19-9-10-20(24)32-19)30(28-14)23-26-17-7-2-3-8-18(17)29(23)13-15-5-4-6-16(25)12-15/h2-12H,13H2,1H3,(H,27,31). The molecule has 0 radical (unpaired) electrons. The van der Waals surface area contributed by atoms with Crippen LogP contribution in [0.5, 0.6) is 0 Å². The zero-order chi connectivity index (χ0) is 22.2. The number of para-hydroxylation sites is 2. The molecule has 2 aromatic carbocycles. The number of anilines is 1. The molecular formula is C23H17BrClN5O2. The van der Waals surface area contributed by atoms with E-state index in [1.807, 2.05) is 60.0 Å². The van der Waals surface area contributed by atoms with Crippen LogP contribution in [0.1, 0.15) is 21.8 Å². The molecule has 0 saturated heterocycles. The van der Waals surface area contributed by atoms with Gasteiger partial charge in [0.1, 0.15) is 5.82 Å². The fourth-order valence-electron chi connectivity index (χ4n) is 3.55. The van der Waals surface area contributed by atoms with Crippen LogP contribution in [0.4, 0.5) is 5.82 Å². The second-order valence-corrected chi connectivity index (χ2v) is 8.48. The molecular weight excluding hydrogens is 494 g/mol. The lowest BCUT2D eigenvalue weighted by molar-refractivity contribution is 0.0994. The van der Waals surface area contributed by atoms with Gasteiger partial charge in [-0.3, -0.25) is 4.79 Å². The number of carbonyl (C=O) groups is 1. The Bertz CT molecular complexity index is 1450. The molecule has 0 aliphatic carbocycles. The molecule has 9 heteroatoms. The third kappa shape index (κ3) is 3.94. The van der Waals surface area contributed by atoms with Crippen LogP contribution in [0, 0.1) is 6.92 Å². The number of imidazole rings is 1. The van der Waals surface area contributed by atoms with Crippen LogP contribution >= 0.6 is 27.5 Å². The Balaban J connectivity index is 1.60. The van der Waals surface area contributed by atoms with E-state index in [1.54, 1.807) is 22.9 Å². The largest absolute Gasteiger partial charge is 0.444 e. The highest BCUT2D eigenvalue weighted by atomic mass is 79.9. The number of benzene rings is 2. The zero-order valence-corrected chi connectivity index (χ0v) is 19.3. The SMILES string of the molecule is Cc1cc(NC(=O)c2ccc(Br)o2)n(-c2nc3ccccc3n2Cc2cccc(Cl)c2)n1. The van der Waals surface area contributed by atoms with Gasteiger partial charge < -0.3 is 14.3 Å². The number of halogens is 2. The summed E-state index contributed by atoms with van der Waals surface area (Å²) in [7, 11) is 0. The number of nitrogens with one attached hydrogen (secondary N) is 1. The molecule has 32 heavy (non-hydrogen) atoms. The highest BCUT2D eigenvalue weighted by Crippen LogP contribution is 2.25. The molecule has 0 aliphatic rings. The summed E-state index contributed by atoms with van der Waals surface area (Å²) in [6.07, 6.45) is 0. The number of hydrogen-bond acceptors (Lipinski definition) is 4. The lowest BCUT2D eigenvalue weighted by Crippen LogP contribution is -2.17. The molecule has 5 aromatic rings. The Morgan fingerprint density at radius 2 is 1.97 bits per heavy atom. The number of furan rings is 1. The average Bonchev–Trinajstić information content (AvgIpc) is 3.45. The summed E-state index contributed by atoms with van der Waals surface area (Å²) in [5.41, 5.74) is 3.53. The predicted molar refractivity (Wildman–Crippen MR) is 127 cm³/mol. The lowest BCUT2D eigenvalue weighted by Gasteiger charge is -2.12. The van der Waals surface area contributed by atoms with E-state index in [9.17, 15) is 4.79 Å². The van der Waals surface area contributed by atoms with E-state index in [0.717, 1.165) is 22.3 Å². The summed E-state index contributed by atoms with van der Waals surface area (Å²) >= 11 is 9.42. The first-order chi connectivity index (χ1) is 15.5. The third-order valence-electron chi connectivity index (χ3n) is 4.92. The maximum absolute atomic E-state index is 12.7. The molecule has 0 saturated carbocycles. The van der Waals surface area contributed by atoms with Crippen LogP contribution in [0.3, 0.4) is 0 Å². The zero-order valence-electron chi connectivity index (χ0n) is 16.9. The number of nitrogens with zero attached hydrogens (tertiary/aromatic N) is 4. The maximum atomic E-state index is 12.7. The minimum absolute atomic E-state index is 0.190. The number of hydrogen-bond donors (Lipinski definition) is 1. The van der Waals surface area contributed by atoms with Gasteiger partial charge >= 0.3 is 0 Å². The van der Waals surface area contributed by atoms with E-state index in [2.05, 4.69) is 26.3 Å². The minimum Gasteiger partial charge on any atom is -0.444 e. The summed E-state index contributed by atoms with van der Waals surface area (Å²) < 4.78 is 9.54. The minimum atomic E-state index is -0.380. The van der Waals surface area contributed by atoms with Crippen molar-refractivity contribution in [3.8, 4) is 5.95 Å². The van der Waals surface area contributed by atoms with Crippen molar-refractivity contribution in [1.29, 1.82) is 0 Å². The normalized spacial score (nSPS) is 11.2. The van der Waals surface area contributed by atoms with Crippen molar-refractivity contribution >= 4 is 50.3 Å². The fourth-order valence-corrected chi connectivity index (χ4v) is 4.07. The Morgan fingerprint density at radius 1 is 1.12 bits per heavy atom. The van der Waals surface area contributed by atoms with E-state index < -0.39 is 0 Å². The molecule has 0 unspecified atom stereocenters. The Morgan fingerprint density at radius 3 is 2.75 bits per heavy atom. The summed E-state index contributed by atoms with van der Waals surface area (Å²) in [5.74, 6) is 0.877. The molecule has 5 rings (SSSR count). The molecule has 1 N–H and O–H groups in total. The number of fused-ring (bicyclic) bond motifs is 1. The highest BCUT2D eigenvalue weighted by molar-refractivity contribution is 9.10. The van der Waals surface area contributed by atoms with Gasteiger partial charge in [0.2, 0.25) is 5.95 Å². The van der Waals surface area contributed by atoms with Crippen LogP contribution in [0.25, 0.3) is 17.0 Å². The fraction of sp³-hybridized carbons (Fsp3) is 0.0870. The van der Waals surface area contributed by atoms with Crippen molar-refractivity contribution in [2.75, 3.05) is 5.32 Å². The van der Waals surface area contributed by atoms with Crippen LogP contribution in [0.15, 0.2) is 75.8 Å². The van der Waals surface area contributed by atoms with E-state index in [4.69, 9.17) is 21.0 Å². The van der Waals surface area contributed by atoms with E-state index in [-0.39, 0.29) is 11.7 Å². The molecule has 160 valence electrons. The average molecular weight is 511 g/mol. The molecule has 0 fully saturated rings. The van der Waals surface area contributed by atoms with Crippen molar-refractivity contribution in [2.45, 2.75) is 13.5 Å². The predicted octanol–water partition coefficient (Wildman–Crippen LogP) is 5.84. The van der Waals surface area contributed by atoms with Gasteiger partial charge in [-0.2, -0.15) is 9.78 Å². The van der Waals surface area contributed by atoms with E-state index in [1.165, 1.54) is 0 Å². The third-order valence-corrected chi connectivity index (χ3v) is 5.58. The van der Waals surface area contributed by atoms with Gasteiger partial charge in [-0.1, -0.05) is 35.9 Å². The number of amides is 1. The molecule has 0 aliphatic heterocycles. The number of rotatable bonds is 5. The van der Waals surface area contributed by atoms with Crippen molar-refractivity contribution in [2.24, 2.45) is 0 Å². The molecule has 0 atom stereocenters. The van der Waals surface area contributed by atoms with Gasteiger partial charge in [0.25, 0.3) is 5.91 Å². The first-order valence-electron chi connectivity index (χ1n) is 9.81. The smallest absolute Gasteiger partial charge is 0.292 e. The molecule has 0 spiro atoms. The summed E-state index contributed by atoms with van der Waals surface area (Å²) in [6, 6.07) is 20.6. The number of aryl methyl sites for hydroxylation is 1. The summed E-state index contributed by atoms with van der Waals surface area (Å²) in [6.45, 7) is 2.40. The first kappa shape index (κ1) is 20.5. The monoisotopic (exact) mass is 509 g/mol. The van der Waals surface area contributed by atoms with Gasteiger partial charge in [0.15, 0.2) is 10.4 Å². The molecule has 0 bridgehead atoms. The van der Waals surface area contributed by atoms with Gasteiger partial charge in [0.05, 0.1) is 23.3 Å². The topological polar surface area (TPSA) is 77.9 Å². The van der Waals surface area contributed by atoms with Crippen molar-refractivity contribution in [3.63, 3.8) is 0 Å². The lowest BCUT2D eigenvalue weighted by atomic mass is 10.2. The number of carbonyl (C=O) groups excluding carboxylic acids is 1. The van der Waals surface area contributed by atoms with Gasteiger partial charge in [-0.05, 0) is 64.8 Å². The van der Waals surface area contributed by atoms with Crippen LogP contribution < -0.4 is 5.32 Å². The van der Waals surface area contributed by atoms with E-state index in [0.29, 0.717) is 28.0 Å². The highest BCUT2D eigenvalue weighted by Gasteiger charge is 2.20. The molecule has 7 nitrogen and oxygen atoms in total. The van der Waals surface area contributed by atoms with Gasteiger partial charge in [0, 0.05) is 11.1 Å². The Kier molecular flexibility index (Phi) is 5.32. The first-order valence-corrected chi connectivity index (χ1v) is 11.0. The van der Waals surface area contributed by atoms with Crippen LogP contribution in [0.2, 0.25) is 5.02 Å². The molecule has 3 aromatic heterocycles. The van der Waals surface area contributed by atoms with Gasteiger partial charge in [-0.15, -0.1) is 0 Å².